The van der Waals surface area contributed by atoms with E-state index in [9.17, 15) is 22.0 Å². The van der Waals surface area contributed by atoms with Gasteiger partial charge in [-0.3, -0.25) is 0 Å². The largest absolute Gasteiger partial charge is 0.383 e. The van der Waals surface area contributed by atoms with Crippen LogP contribution >= 0.6 is 0 Å². The minimum Gasteiger partial charge on any atom is -0.383 e. The minimum absolute atomic E-state index is 0.0221. The molecule has 0 saturated heterocycles. The summed E-state index contributed by atoms with van der Waals surface area (Å²) in [5.74, 6) is -10.3. The van der Waals surface area contributed by atoms with E-state index in [1.54, 1.807) is 0 Å². The van der Waals surface area contributed by atoms with E-state index in [1.807, 2.05) is 0 Å². The number of halogens is 5. The Morgan fingerprint density at radius 3 is 1.81 bits per heavy atom. The lowest BCUT2D eigenvalue weighted by Crippen LogP contribution is -2.10. The Hall–Kier alpha value is -2.45. The highest BCUT2D eigenvalue weighted by atomic mass is 19.2. The Bertz CT molecular complexity index is 703. The van der Waals surface area contributed by atoms with E-state index in [0.717, 1.165) is 0 Å². The Morgan fingerprint density at radius 2 is 1.29 bits per heavy atom. The van der Waals surface area contributed by atoms with Crippen molar-refractivity contribution in [2.75, 3.05) is 11.1 Å². The lowest BCUT2D eigenvalue weighted by atomic mass is 10.2. The first-order chi connectivity index (χ1) is 9.73. The molecule has 112 valence electrons. The molecule has 1 heterocycles. The third kappa shape index (κ3) is 2.46. The first-order valence-corrected chi connectivity index (χ1v) is 5.63. The summed E-state index contributed by atoms with van der Waals surface area (Å²) in [5, 5.41) is 2.07. The fraction of sp³-hybridized carbons (Fsp3) is 0.167. The van der Waals surface area contributed by atoms with Crippen molar-refractivity contribution in [2.24, 2.45) is 0 Å². The van der Waals surface area contributed by atoms with E-state index in [0.29, 0.717) is 0 Å². The summed E-state index contributed by atoms with van der Waals surface area (Å²) in [7, 11) is 0. The predicted molar refractivity (Wildman–Crippen MR) is 65.4 cm³/mol. The monoisotopic (exact) mass is 304 g/mol. The Balaban J connectivity index is 2.60. The first kappa shape index (κ1) is 14.9. The zero-order chi connectivity index (χ0) is 15.9. The number of nitrogens with one attached hydrogen (secondary N) is 1. The van der Waals surface area contributed by atoms with Gasteiger partial charge < -0.3 is 11.1 Å². The molecule has 3 N–H and O–H groups in total. The van der Waals surface area contributed by atoms with Crippen molar-refractivity contribution >= 4 is 17.3 Å². The molecule has 0 aliphatic heterocycles. The van der Waals surface area contributed by atoms with Crippen LogP contribution in [0.4, 0.5) is 39.3 Å². The molecule has 0 aliphatic carbocycles. The molecule has 1 aromatic heterocycles. The smallest absolute Gasteiger partial charge is 0.200 e. The molecule has 0 radical (unpaired) electrons. The number of aryl methyl sites for hydroxylation is 1. The molecule has 0 aliphatic rings. The molecule has 0 fully saturated rings. The van der Waals surface area contributed by atoms with Crippen LogP contribution in [0, 0.1) is 42.9 Å². The molecular formula is C12H9F5N4. The molecule has 2 rings (SSSR count). The van der Waals surface area contributed by atoms with Gasteiger partial charge in [-0.25, -0.2) is 31.9 Å². The first-order valence-electron chi connectivity index (χ1n) is 5.63. The van der Waals surface area contributed by atoms with E-state index < -0.39 is 34.8 Å². The van der Waals surface area contributed by atoms with Crippen molar-refractivity contribution in [1.82, 2.24) is 9.97 Å². The van der Waals surface area contributed by atoms with E-state index >= 15 is 0 Å². The third-order valence-corrected chi connectivity index (χ3v) is 2.75. The average molecular weight is 304 g/mol. The summed E-state index contributed by atoms with van der Waals surface area (Å²) >= 11 is 0. The van der Waals surface area contributed by atoms with Gasteiger partial charge in [-0.2, -0.15) is 0 Å². The Morgan fingerprint density at radius 1 is 0.810 bits per heavy atom. The highest BCUT2D eigenvalue weighted by Gasteiger charge is 2.26. The highest BCUT2D eigenvalue weighted by molar-refractivity contribution is 5.64. The Labute approximate surface area is 115 Å². The van der Waals surface area contributed by atoms with Crippen molar-refractivity contribution in [3.63, 3.8) is 0 Å². The van der Waals surface area contributed by atoms with Crippen LogP contribution in [0.2, 0.25) is 0 Å². The number of nitrogen functional groups attached to an aromatic ring is 1. The Kier molecular flexibility index (Phi) is 3.67. The van der Waals surface area contributed by atoms with Crippen molar-refractivity contribution in [1.29, 1.82) is 0 Å². The standard InChI is InChI=1S/C12H9F5N4/c1-3-11(18)19-4(2)20-12(3)21-10-8(16)6(14)5(13)7(15)9(10)17/h1-2H3,(H3,18,19,20,21). The normalized spacial score (nSPS) is 10.8. The quantitative estimate of drug-likeness (QED) is 0.508. The molecule has 4 nitrogen and oxygen atoms in total. The van der Waals surface area contributed by atoms with E-state index in [-0.39, 0.29) is 23.0 Å². The van der Waals surface area contributed by atoms with Gasteiger partial charge in [0, 0.05) is 5.56 Å². The van der Waals surface area contributed by atoms with Gasteiger partial charge >= 0.3 is 0 Å². The van der Waals surface area contributed by atoms with Gasteiger partial charge in [0.25, 0.3) is 0 Å². The van der Waals surface area contributed by atoms with Crippen LogP contribution in [-0.2, 0) is 0 Å². The van der Waals surface area contributed by atoms with Gasteiger partial charge in [0.2, 0.25) is 5.82 Å². The van der Waals surface area contributed by atoms with Gasteiger partial charge in [-0.05, 0) is 13.8 Å². The maximum atomic E-state index is 13.6. The summed E-state index contributed by atoms with van der Waals surface area (Å²) in [6, 6.07) is 0. The average Bonchev–Trinajstić information content (AvgIpc) is 2.44. The lowest BCUT2D eigenvalue weighted by molar-refractivity contribution is 0.382. The fourth-order valence-electron chi connectivity index (χ4n) is 1.60. The van der Waals surface area contributed by atoms with Crippen LogP contribution in [-0.4, -0.2) is 9.97 Å². The zero-order valence-electron chi connectivity index (χ0n) is 10.9. The lowest BCUT2D eigenvalue weighted by Gasteiger charge is -2.13. The van der Waals surface area contributed by atoms with Gasteiger partial charge in [-0.1, -0.05) is 0 Å². The second-order valence-electron chi connectivity index (χ2n) is 4.20. The number of aromatic nitrogens is 2. The number of hydrogen-bond acceptors (Lipinski definition) is 4. The van der Waals surface area contributed by atoms with Gasteiger partial charge in [0.15, 0.2) is 23.3 Å². The molecule has 0 amide bonds. The second kappa shape index (κ2) is 5.15. The number of anilines is 3. The van der Waals surface area contributed by atoms with Gasteiger partial charge in [0.1, 0.15) is 23.1 Å². The summed E-state index contributed by atoms with van der Waals surface area (Å²) in [4.78, 5) is 7.62. The van der Waals surface area contributed by atoms with Gasteiger partial charge in [-0.15, -0.1) is 0 Å². The predicted octanol–water partition coefficient (Wildman–Crippen LogP) is 3.11. The molecule has 9 heteroatoms. The van der Waals surface area contributed by atoms with E-state index in [1.165, 1.54) is 13.8 Å². The van der Waals surface area contributed by atoms with Crippen LogP contribution in [0.25, 0.3) is 0 Å². The minimum atomic E-state index is -2.23. The molecule has 2 aromatic rings. The number of hydrogen-bond donors (Lipinski definition) is 2. The van der Waals surface area contributed by atoms with Crippen LogP contribution in [0.1, 0.15) is 11.4 Å². The summed E-state index contributed by atoms with van der Waals surface area (Å²) < 4.78 is 66.3. The summed E-state index contributed by atoms with van der Waals surface area (Å²) in [6.45, 7) is 2.89. The number of rotatable bonds is 2. The highest BCUT2D eigenvalue weighted by Crippen LogP contribution is 2.30. The summed E-state index contributed by atoms with van der Waals surface area (Å²) in [6.07, 6.45) is 0. The van der Waals surface area contributed by atoms with Crippen LogP contribution in [0.15, 0.2) is 0 Å². The molecular weight excluding hydrogens is 295 g/mol. The maximum absolute atomic E-state index is 13.6. The van der Waals surface area contributed by atoms with Crippen LogP contribution in [0.3, 0.4) is 0 Å². The maximum Gasteiger partial charge on any atom is 0.200 e. The van der Waals surface area contributed by atoms with Crippen molar-refractivity contribution < 1.29 is 22.0 Å². The SMILES string of the molecule is Cc1nc(N)c(C)c(Nc2c(F)c(F)c(F)c(F)c2F)n1. The number of nitrogens with two attached hydrogens (primary N) is 1. The van der Waals surface area contributed by atoms with Crippen LogP contribution < -0.4 is 11.1 Å². The zero-order valence-corrected chi connectivity index (χ0v) is 10.9. The molecule has 21 heavy (non-hydrogen) atoms. The number of nitrogens with zero attached hydrogens (tertiary/aromatic N) is 2. The van der Waals surface area contributed by atoms with Crippen molar-refractivity contribution in [3.05, 3.63) is 40.5 Å². The molecule has 0 atom stereocenters. The van der Waals surface area contributed by atoms with Gasteiger partial charge in [0.05, 0.1) is 0 Å². The third-order valence-electron chi connectivity index (χ3n) is 2.75. The molecule has 0 unspecified atom stereocenters. The topological polar surface area (TPSA) is 63.8 Å². The summed E-state index contributed by atoms with van der Waals surface area (Å²) in [5.41, 5.74) is 4.56. The van der Waals surface area contributed by atoms with Crippen molar-refractivity contribution in [2.45, 2.75) is 13.8 Å². The van der Waals surface area contributed by atoms with Crippen LogP contribution in [0.5, 0.6) is 0 Å². The second-order valence-corrected chi connectivity index (χ2v) is 4.20. The van der Waals surface area contributed by atoms with E-state index in [4.69, 9.17) is 5.73 Å². The molecule has 0 spiro atoms. The fourth-order valence-corrected chi connectivity index (χ4v) is 1.60. The number of benzene rings is 1. The van der Waals surface area contributed by atoms with E-state index in [2.05, 4.69) is 15.3 Å². The molecule has 1 aromatic carbocycles. The van der Waals surface area contributed by atoms with Crippen molar-refractivity contribution in [3.8, 4) is 0 Å². The molecule has 0 saturated carbocycles. The molecule has 0 bridgehead atoms.